The predicted octanol–water partition coefficient (Wildman–Crippen LogP) is -0.0806. The molecule has 1 unspecified atom stereocenters. The lowest BCUT2D eigenvalue weighted by atomic mass is 10.0. The maximum absolute atomic E-state index is 12.7. The van der Waals surface area contributed by atoms with Gasteiger partial charge in [0.15, 0.2) is 0 Å². The van der Waals surface area contributed by atoms with E-state index >= 15 is 0 Å². The molecule has 0 aromatic carbocycles. The number of carbonyl (C=O) groups excluding carboxylic acids is 3. The van der Waals surface area contributed by atoms with Crippen LogP contribution < -0.4 is 0 Å². The smallest absolute Gasteiger partial charge is 0.249 e. The molecule has 0 radical (unpaired) electrons. The maximum atomic E-state index is 12.7. The van der Waals surface area contributed by atoms with Gasteiger partial charge in [0, 0.05) is 26.7 Å². The van der Waals surface area contributed by atoms with Crippen molar-refractivity contribution < 1.29 is 19.1 Å². The van der Waals surface area contributed by atoms with Gasteiger partial charge in [-0.3, -0.25) is 19.4 Å². The fourth-order valence-electron chi connectivity index (χ4n) is 2.73. The van der Waals surface area contributed by atoms with Gasteiger partial charge in [-0.05, 0) is 19.4 Å². The van der Waals surface area contributed by atoms with Crippen LogP contribution in [0, 0.1) is 0 Å². The molecule has 0 aromatic heterocycles. The number of piperazine rings is 1. The highest BCUT2D eigenvalue weighted by Crippen LogP contribution is 2.22. The summed E-state index contributed by atoms with van der Waals surface area (Å²) in [4.78, 5) is 38.9. The first-order valence-corrected chi connectivity index (χ1v) is 8.12. The van der Waals surface area contributed by atoms with Gasteiger partial charge in [-0.1, -0.05) is 13.5 Å². The molecule has 24 heavy (non-hydrogen) atoms. The van der Waals surface area contributed by atoms with Crippen LogP contribution in [-0.2, 0) is 19.1 Å². The minimum atomic E-state index is -0.782. The molecule has 136 valence electrons. The maximum Gasteiger partial charge on any atom is 0.249 e. The first-order valence-electron chi connectivity index (χ1n) is 8.12. The van der Waals surface area contributed by atoms with Crippen molar-refractivity contribution in [3.8, 4) is 0 Å². The van der Waals surface area contributed by atoms with Crippen LogP contribution in [0.1, 0.15) is 20.8 Å². The van der Waals surface area contributed by atoms with E-state index < -0.39 is 12.2 Å². The lowest BCUT2D eigenvalue weighted by Gasteiger charge is -2.49. The van der Waals surface area contributed by atoms with Gasteiger partial charge in [-0.2, -0.15) is 0 Å². The number of nitrogens with zero attached hydrogens (tertiary/aromatic N) is 4. The highest BCUT2D eigenvalue weighted by molar-refractivity contribution is 5.88. The molecule has 1 rings (SSSR count). The van der Waals surface area contributed by atoms with E-state index in [1.54, 1.807) is 23.9 Å². The topological polar surface area (TPSA) is 73.4 Å². The number of rotatable bonds is 10. The molecular weight excluding hydrogens is 312 g/mol. The Morgan fingerprint density at radius 1 is 1.42 bits per heavy atom. The fourth-order valence-corrected chi connectivity index (χ4v) is 2.73. The lowest BCUT2D eigenvalue weighted by Crippen LogP contribution is -2.68. The van der Waals surface area contributed by atoms with Crippen LogP contribution in [0.3, 0.4) is 0 Å². The summed E-state index contributed by atoms with van der Waals surface area (Å²) in [6, 6.07) is -0.782. The van der Waals surface area contributed by atoms with Gasteiger partial charge in [0.05, 0.1) is 13.2 Å². The van der Waals surface area contributed by atoms with Gasteiger partial charge in [-0.15, -0.1) is 0 Å². The zero-order valence-electron chi connectivity index (χ0n) is 15.0. The van der Waals surface area contributed by atoms with Crippen molar-refractivity contribution in [3.63, 3.8) is 0 Å². The molecule has 1 aliphatic rings. The van der Waals surface area contributed by atoms with Crippen LogP contribution in [0.2, 0.25) is 0 Å². The van der Waals surface area contributed by atoms with Gasteiger partial charge < -0.3 is 14.5 Å². The highest BCUT2D eigenvalue weighted by atomic mass is 16.5. The molecule has 1 heterocycles. The van der Waals surface area contributed by atoms with Crippen LogP contribution in [-0.4, -0.2) is 90.6 Å². The Labute approximate surface area is 143 Å². The number of ether oxygens (including phenoxy) is 1. The molecule has 0 aromatic rings. The Bertz CT molecular complexity index is 471. The van der Waals surface area contributed by atoms with Crippen molar-refractivity contribution in [2.45, 2.75) is 33.0 Å². The quantitative estimate of drug-likeness (QED) is 0.241. The summed E-state index contributed by atoms with van der Waals surface area (Å²) in [5, 5.41) is 3.14. The van der Waals surface area contributed by atoms with E-state index in [4.69, 9.17) is 4.74 Å². The average Bonchev–Trinajstić information content (AvgIpc) is 2.56. The summed E-state index contributed by atoms with van der Waals surface area (Å²) in [5.41, 5.74) is 0.559. The van der Waals surface area contributed by atoms with Gasteiger partial charge in [0.25, 0.3) is 0 Å². The third kappa shape index (κ3) is 4.33. The molecule has 0 N–H and O–H groups in total. The second kappa shape index (κ2) is 9.39. The molecule has 3 amide bonds. The van der Waals surface area contributed by atoms with Crippen molar-refractivity contribution in [1.82, 2.24) is 19.8 Å². The highest BCUT2D eigenvalue weighted by Gasteiger charge is 2.43. The Morgan fingerprint density at radius 2 is 2.08 bits per heavy atom. The summed E-state index contributed by atoms with van der Waals surface area (Å²) in [6.45, 7) is 11.5. The first kappa shape index (κ1) is 20.1. The molecule has 0 aliphatic carbocycles. The van der Waals surface area contributed by atoms with Crippen LogP contribution >= 0.6 is 0 Å². The third-order valence-electron chi connectivity index (χ3n) is 4.13. The lowest BCUT2D eigenvalue weighted by molar-refractivity contribution is -0.173. The van der Waals surface area contributed by atoms with Crippen molar-refractivity contribution in [1.29, 1.82) is 0 Å². The monoisotopic (exact) mass is 340 g/mol. The van der Waals surface area contributed by atoms with E-state index in [1.165, 1.54) is 9.91 Å². The average molecular weight is 340 g/mol. The van der Waals surface area contributed by atoms with E-state index in [0.29, 0.717) is 44.7 Å². The minimum absolute atomic E-state index is 0.199. The zero-order chi connectivity index (χ0) is 18.3. The molecule has 0 spiro atoms. The second-order valence-corrected chi connectivity index (χ2v) is 5.72. The molecule has 1 fully saturated rings. The molecule has 2 atom stereocenters. The van der Waals surface area contributed by atoms with Crippen molar-refractivity contribution >= 4 is 18.7 Å². The SMILES string of the molecule is C=C(C)[C@H]1C(=O)N(CCOCC)CC(N(C=O)N(C)CC)N1C=O. The standard InChI is InChI=1S/C16H28N4O4/c1-6-17(5)20(12-22)14-10-18(8-9-24-7-2)16(23)15(13(3)4)19(14)11-21/h11-12,14-15H,3,6-10H2,1-2,4-5H3/t14?,15-/m0/s1. The van der Waals surface area contributed by atoms with Crippen LogP contribution in [0.4, 0.5) is 0 Å². The predicted molar refractivity (Wildman–Crippen MR) is 89.6 cm³/mol. The Hall–Kier alpha value is -1.93. The summed E-state index contributed by atoms with van der Waals surface area (Å²) >= 11 is 0. The number of carbonyl (C=O) groups is 3. The Morgan fingerprint density at radius 3 is 2.54 bits per heavy atom. The molecule has 1 saturated heterocycles. The number of hydrogen-bond acceptors (Lipinski definition) is 5. The van der Waals surface area contributed by atoms with Crippen molar-refractivity contribution in [3.05, 3.63) is 12.2 Å². The molecule has 0 saturated carbocycles. The number of amides is 3. The first-order chi connectivity index (χ1) is 11.4. The summed E-state index contributed by atoms with van der Waals surface area (Å²) in [5.74, 6) is -0.199. The molecule has 1 aliphatic heterocycles. The van der Waals surface area contributed by atoms with E-state index in [-0.39, 0.29) is 12.5 Å². The number of hydrogen-bond donors (Lipinski definition) is 0. The van der Waals surface area contributed by atoms with Crippen molar-refractivity contribution in [2.24, 2.45) is 0 Å². The fraction of sp³-hybridized carbons (Fsp3) is 0.688. The minimum Gasteiger partial charge on any atom is -0.380 e. The van der Waals surface area contributed by atoms with Crippen LogP contribution in [0.25, 0.3) is 0 Å². The normalized spacial score (nSPS) is 21.1. The summed E-state index contributed by atoms with van der Waals surface area (Å²) < 4.78 is 5.33. The van der Waals surface area contributed by atoms with E-state index in [2.05, 4.69) is 6.58 Å². The molecule has 0 bridgehead atoms. The van der Waals surface area contributed by atoms with Gasteiger partial charge >= 0.3 is 0 Å². The Balaban J connectivity index is 3.13. The van der Waals surface area contributed by atoms with Gasteiger partial charge in [0.1, 0.15) is 12.2 Å². The largest absolute Gasteiger partial charge is 0.380 e. The molecule has 8 heteroatoms. The summed E-state index contributed by atoms with van der Waals surface area (Å²) in [7, 11) is 1.76. The third-order valence-corrected chi connectivity index (χ3v) is 4.13. The van der Waals surface area contributed by atoms with E-state index in [9.17, 15) is 14.4 Å². The molecular formula is C16H28N4O4. The zero-order valence-corrected chi connectivity index (χ0v) is 15.0. The van der Waals surface area contributed by atoms with Gasteiger partial charge in [-0.25, -0.2) is 5.01 Å². The Kier molecular flexibility index (Phi) is 7.87. The van der Waals surface area contributed by atoms with Gasteiger partial charge in [0.2, 0.25) is 18.7 Å². The summed E-state index contributed by atoms with van der Waals surface area (Å²) in [6.07, 6.45) is 0.712. The van der Waals surface area contributed by atoms with Crippen LogP contribution in [0.5, 0.6) is 0 Å². The van der Waals surface area contributed by atoms with E-state index in [0.717, 1.165) is 0 Å². The number of hydrazine groups is 1. The van der Waals surface area contributed by atoms with Crippen molar-refractivity contribution in [2.75, 3.05) is 39.9 Å². The second-order valence-electron chi connectivity index (χ2n) is 5.72. The van der Waals surface area contributed by atoms with Crippen LogP contribution in [0.15, 0.2) is 12.2 Å². The molecule has 8 nitrogen and oxygen atoms in total. The van der Waals surface area contributed by atoms with E-state index in [1.807, 2.05) is 13.8 Å².